The normalized spacial score (nSPS) is 11.0. The van der Waals surface area contributed by atoms with Gasteiger partial charge in [-0.3, -0.25) is 4.68 Å². The van der Waals surface area contributed by atoms with E-state index < -0.39 is 11.6 Å². The fourth-order valence-electron chi connectivity index (χ4n) is 1.91. The average molecular weight is 330 g/mol. The molecule has 0 saturated carbocycles. The Morgan fingerprint density at radius 1 is 1.32 bits per heavy atom. The molecule has 102 valence electrons. The van der Waals surface area contributed by atoms with Crippen LogP contribution >= 0.6 is 15.9 Å². The summed E-state index contributed by atoms with van der Waals surface area (Å²) in [6.07, 6.45) is 0.759. The minimum atomic E-state index is -0.859. The first-order valence-corrected chi connectivity index (χ1v) is 6.65. The fourth-order valence-corrected chi connectivity index (χ4v) is 2.68. The van der Waals surface area contributed by atoms with Gasteiger partial charge in [0, 0.05) is 25.6 Å². The predicted molar refractivity (Wildman–Crippen MR) is 73.9 cm³/mol. The van der Waals surface area contributed by atoms with Crippen LogP contribution in [0.25, 0.3) is 11.3 Å². The van der Waals surface area contributed by atoms with Gasteiger partial charge in [0.05, 0.1) is 15.9 Å². The first-order chi connectivity index (χ1) is 9.04. The van der Waals surface area contributed by atoms with E-state index in [9.17, 15) is 8.78 Å². The predicted octanol–water partition coefficient (Wildman–Crippen LogP) is 2.89. The van der Waals surface area contributed by atoms with Crippen molar-refractivity contribution in [2.24, 2.45) is 7.05 Å². The standard InChI is InChI=1S/C13H14BrF2N3/c1-17-6-5-11-12(14)13(19(2)18-11)8-3-4-9(15)10(16)7-8/h3-4,7,17H,5-6H2,1-2H3. The van der Waals surface area contributed by atoms with Crippen molar-refractivity contribution in [3.8, 4) is 11.3 Å². The lowest BCUT2D eigenvalue weighted by Crippen LogP contribution is -2.11. The number of halogens is 3. The summed E-state index contributed by atoms with van der Waals surface area (Å²) in [5, 5.41) is 7.44. The van der Waals surface area contributed by atoms with Crippen molar-refractivity contribution in [2.75, 3.05) is 13.6 Å². The maximum Gasteiger partial charge on any atom is 0.159 e. The molecule has 1 heterocycles. The number of nitrogens with zero attached hydrogens (tertiary/aromatic N) is 2. The molecule has 3 nitrogen and oxygen atoms in total. The lowest BCUT2D eigenvalue weighted by molar-refractivity contribution is 0.509. The van der Waals surface area contributed by atoms with Gasteiger partial charge in [-0.2, -0.15) is 5.10 Å². The van der Waals surface area contributed by atoms with Crippen LogP contribution in [0.4, 0.5) is 8.78 Å². The molecule has 0 aliphatic rings. The van der Waals surface area contributed by atoms with Crippen LogP contribution in [-0.4, -0.2) is 23.4 Å². The molecule has 0 spiro atoms. The van der Waals surface area contributed by atoms with Gasteiger partial charge in [-0.15, -0.1) is 0 Å². The van der Waals surface area contributed by atoms with E-state index in [4.69, 9.17) is 0 Å². The van der Waals surface area contributed by atoms with Gasteiger partial charge in [-0.1, -0.05) is 0 Å². The highest BCUT2D eigenvalue weighted by Crippen LogP contribution is 2.31. The SMILES string of the molecule is CNCCc1nn(C)c(-c2ccc(F)c(F)c2)c1Br. The molecule has 19 heavy (non-hydrogen) atoms. The highest BCUT2D eigenvalue weighted by molar-refractivity contribution is 9.10. The average Bonchev–Trinajstić information content (AvgIpc) is 2.65. The molecule has 0 saturated heterocycles. The molecule has 0 amide bonds. The van der Waals surface area contributed by atoms with Crippen LogP contribution in [0.5, 0.6) is 0 Å². The molecule has 0 aliphatic heterocycles. The smallest absolute Gasteiger partial charge is 0.159 e. The van der Waals surface area contributed by atoms with Gasteiger partial charge < -0.3 is 5.32 Å². The van der Waals surface area contributed by atoms with Crippen molar-refractivity contribution < 1.29 is 8.78 Å². The quantitative estimate of drug-likeness (QED) is 0.934. The van der Waals surface area contributed by atoms with Crippen LogP contribution in [0.15, 0.2) is 22.7 Å². The second-order valence-electron chi connectivity index (χ2n) is 4.22. The Balaban J connectivity index is 2.44. The third-order valence-corrected chi connectivity index (χ3v) is 3.69. The number of benzene rings is 1. The van der Waals surface area contributed by atoms with E-state index in [1.807, 2.05) is 7.05 Å². The lowest BCUT2D eigenvalue weighted by atomic mass is 10.1. The van der Waals surface area contributed by atoms with E-state index in [1.165, 1.54) is 6.07 Å². The van der Waals surface area contributed by atoms with Crippen LogP contribution in [0, 0.1) is 11.6 Å². The van der Waals surface area contributed by atoms with Crippen molar-refractivity contribution in [3.63, 3.8) is 0 Å². The number of aryl methyl sites for hydroxylation is 1. The molecule has 6 heteroatoms. The molecule has 0 atom stereocenters. The Kier molecular flexibility index (Phi) is 4.31. The van der Waals surface area contributed by atoms with Crippen molar-refractivity contribution in [1.82, 2.24) is 15.1 Å². The van der Waals surface area contributed by atoms with E-state index in [0.717, 1.165) is 34.9 Å². The summed E-state index contributed by atoms with van der Waals surface area (Å²) in [6.45, 7) is 0.798. The topological polar surface area (TPSA) is 29.9 Å². The zero-order chi connectivity index (χ0) is 14.0. The van der Waals surface area contributed by atoms with Gasteiger partial charge in [0.2, 0.25) is 0 Å². The van der Waals surface area contributed by atoms with Gasteiger partial charge in [0.1, 0.15) is 0 Å². The summed E-state index contributed by atoms with van der Waals surface area (Å²) >= 11 is 3.48. The number of likely N-dealkylation sites (N-methyl/N-ethyl adjacent to an activating group) is 1. The second-order valence-corrected chi connectivity index (χ2v) is 5.01. The molecule has 2 aromatic rings. The van der Waals surface area contributed by atoms with Crippen LogP contribution in [0.2, 0.25) is 0 Å². The summed E-state index contributed by atoms with van der Waals surface area (Å²) in [7, 11) is 3.65. The molecule has 0 unspecified atom stereocenters. The van der Waals surface area contributed by atoms with Gasteiger partial charge >= 0.3 is 0 Å². The number of rotatable bonds is 4. The number of nitrogens with one attached hydrogen (secondary N) is 1. The van der Waals surface area contributed by atoms with Gasteiger partial charge in [-0.05, 0) is 41.2 Å². The molecule has 0 aliphatic carbocycles. The molecule has 0 bridgehead atoms. The minimum absolute atomic E-state index is 0.594. The van der Waals surface area contributed by atoms with E-state index in [2.05, 4.69) is 26.3 Å². The molecule has 2 rings (SSSR count). The summed E-state index contributed by atoms with van der Waals surface area (Å²) < 4.78 is 28.8. The Hall–Kier alpha value is -1.27. The second kappa shape index (κ2) is 5.79. The van der Waals surface area contributed by atoms with Crippen LogP contribution in [-0.2, 0) is 13.5 Å². The Morgan fingerprint density at radius 2 is 2.05 bits per heavy atom. The molecular formula is C13H14BrF2N3. The van der Waals surface area contributed by atoms with Crippen LogP contribution in [0.1, 0.15) is 5.69 Å². The first kappa shape index (κ1) is 14.1. The fraction of sp³-hybridized carbons (Fsp3) is 0.308. The van der Waals surface area contributed by atoms with E-state index in [0.29, 0.717) is 5.56 Å². The molecule has 1 aromatic heterocycles. The van der Waals surface area contributed by atoms with E-state index in [-0.39, 0.29) is 0 Å². The van der Waals surface area contributed by atoms with Crippen LogP contribution < -0.4 is 5.32 Å². The van der Waals surface area contributed by atoms with E-state index >= 15 is 0 Å². The number of hydrogen-bond acceptors (Lipinski definition) is 2. The zero-order valence-electron chi connectivity index (χ0n) is 10.7. The lowest BCUT2D eigenvalue weighted by Gasteiger charge is -2.03. The molecule has 0 radical (unpaired) electrons. The zero-order valence-corrected chi connectivity index (χ0v) is 12.3. The van der Waals surface area contributed by atoms with Crippen LogP contribution in [0.3, 0.4) is 0 Å². The highest BCUT2D eigenvalue weighted by Gasteiger charge is 2.16. The van der Waals surface area contributed by atoms with Gasteiger partial charge in [0.25, 0.3) is 0 Å². The minimum Gasteiger partial charge on any atom is -0.319 e. The largest absolute Gasteiger partial charge is 0.319 e. The summed E-state index contributed by atoms with van der Waals surface area (Å²) in [5.74, 6) is -1.71. The van der Waals surface area contributed by atoms with Crippen molar-refractivity contribution in [3.05, 3.63) is 40.0 Å². The van der Waals surface area contributed by atoms with Crippen molar-refractivity contribution in [2.45, 2.75) is 6.42 Å². The van der Waals surface area contributed by atoms with Crippen molar-refractivity contribution >= 4 is 15.9 Å². The third-order valence-electron chi connectivity index (χ3n) is 2.86. The first-order valence-electron chi connectivity index (χ1n) is 5.86. The molecule has 0 fully saturated rings. The van der Waals surface area contributed by atoms with Gasteiger partial charge in [0.15, 0.2) is 11.6 Å². The Morgan fingerprint density at radius 3 is 2.68 bits per heavy atom. The summed E-state index contributed by atoms with van der Waals surface area (Å²) in [6, 6.07) is 3.85. The number of hydrogen-bond donors (Lipinski definition) is 1. The summed E-state index contributed by atoms with van der Waals surface area (Å²) in [5.41, 5.74) is 2.22. The monoisotopic (exact) mass is 329 g/mol. The Bertz CT molecular complexity index is 596. The molecule has 1 aromatic carbocycles. The molecule has 1 N–H and O–H groups in total. The molecular weight excluding hydrogens is 316 g/mol. The third kappa shape index (κ3) is 2.84. The maximum atomic E-state index is 13.3. The van der Waals surface area contributed by atoms with Crippen molar-refractivity contribution in [1.29, 1.82) is 0 Å². The highest BCUT2D eigenvalue weighted by atomic mass is 79.9. The van der Waals surface area contributed by atoms with E-state index in [1.54, 1.807) is 17.8 Å². The number of aromatic nitrogens is 2. The Labute approximate surface area is 118 Å². The maximum absolute atomic E-state index is 13.3. The summed E-state index contributed by atoms with van der Waals surface area (Å²) in [4.78, 5) is 0. The van der Waals surface area contributed by atoms with Gasteiger partial charge in [-0.25, -0.2) is 8.78 Å².